The van der Waals surface area contributed by atoms with Gasteiger partial charge in [-0.3, -0.25) is 4.79 Å². The number of hydrogen-bond acceptors (Lipinski definition) is 4. The van der Waals surface area contributed by atoms with Crippen molar-refractivity contribution in [1.82, 2.24) is 14.5 Å². The van der Waals surface area contributed by atoms with E-state index in [2.05, 4.69) is 15.5 Å². The number of hydrogen-bond donors (Lipinski definition) is 0. The van der Waals surface area contributed by atoms with Gasteiger partial charge in [0.2, 0.25) is 5.91 Å². The van der Waals surface area contributed by atoms with Gasteiger partial charge in [0.15, 0.2) is 0 Å². The second kappa shape index (κ2) is 8.61. The maximum absolute atomic E-state index is 12.8. The van der Waals surface area contributed by atoms with Gasteiger partial charge in [0, 0.05) is 31.0 Å². The Bertz CT molecular complexity index is 1070. The Hall–Kier alpha value is -3.02. The summed E-state index contributed by atoms with van der Waals surface area (Å²) in [4.78, 5) is 19.9. The summed E-state index contributed by atoms with van der Waals surface area (Å²) in [5.41, 5.74) is 2.07. The predicted octanol–water partition coefficient (Wildman–Crippen LogP) is 4.38. The highest BCUT2D eigenvalue weighted by Crippen LogP contribution is 2.35. The van der Waals surface area contributed by atoms with Gasteiger partial charge in [0.1, 0.15) is 23.9 Å². The standard InChI is InChI=1S/C25H29N3O3/c1-30-20-9-6-10-21(16-20)31-14-13-27-23-12-5-4-11-22(23)26-25(27)18-15-24(29)28(17-18)19-7-2-3-8-19/h4-6,9-12,16,18-19H,2-3,7-8,13-15,17H2,1H3. The SMILES string of the molecule is COc1cccc(OCCn2c(C3CC(=O)N(C4CCCC4)C3)nc3ccccc32)c1. The third-order valence-corrected chi connectivity index (χ3v) is 6.60. The van der Waals surface area contributed by atoms with Gasteiger partial charge in [-0.15, -0.1) is 0 Å². The molecule has 2 heterocycles. The molecular weight excluding hydrogens is 390 g/mol. The molecule has 0 radical (unpaired) electrons. The van der Waals surface area contributed by atoms with Crippen molar-refractivity contribution in [3.05, 3.63) is 54.4 Å². The van der Waals surface area contributed by atoms with E-state index in [1.54, 1.807) is 7.11 Å². The molecule has 1 saturated carbocycles. The Morgan fingerprint density at radius 3 is 2.71 bits per heavy atom. The van der Waals surface area contributed by atoms with Gasteiger partial charge in [0.05, 0.1) is 24.7 Å². The molecule has 6 heteroatoms. The third-order valence-electron chi connectivity index (χ3n) is 6.60. The van der Waals surface area contributed by atoms with Crippen LogP contribution in [0.15, 0.2) is 48.5 Å². The summed E-state index contributed by atoms with van der Waals surface area (Å²) >= 11 is 0. The van der Waals surface area contributed by atoms with Crippen LogP contribution in [-0.4, -0.2) is 46.7 Å². The van der Waals surface area contributed by atoms with E-state index in [0.29, 0.717) is 25.6 Å². The molecule has 1 amide bonds. The van der Waals surface area contributed by atoms with Crippen molar-refractivity contribution < 1.29 is 14.3 Å². The van der Waals surface area contributed by atoms with Crippen LogP contribution in [0.5, 0.6) is 11.5 Å². The molecule has 2 fully saturated rings. The lowest BCUT2D eigenvalue weighted by Crippen LogP contribution is -2.34. The van der Waals surface area contributed by atoms with Crippen molar-refractivity contribution in [1.29, 1.82) is 0 Å². The number of methoxy groups -OCH3 is 1. The highest BCUT2D eigenvalue weighted by Gasteiger charge is 2.38. The second-order valence-electron chi connectivity index (χ2n) is 8.52. The maximum atomic E-state index is 12.8. The number of rotatable bonds is 7. The van der Waals surface area contributed by atoms with Crippen molar-refractivity contribution in [3.63, 3.8) is 0 Å². The summed E-state index contributed by atoms with van der Waals surface area (Å²) in [6.45, 7) is 1.98. The van der Waals surface area contributed by atoms with Crippen LogP contribution in [0.4, 0.5) is 0 Å². The van der Waals surface area contributed by atoms with Crippen molar-refractivity contribution in [3.8, 4) is 11.5 Å². The van der Waals surface area contributed by atoms with E-state index in [1.165, 1.54) is 12.8 Å². The van der Waals surface area contributed by atoms with E-state index in [9.17, 15) is 4.79 Å². The van der Waals surface area contributed by atoms with E-state index < -0.39 is 0 Å². The first-order valence-electron chi connectivity index (χ1n) is 11.2. The molecule has 1 aliphatic carbocycles. The smallest absolute Gasteiger partial charge is 0.223 e. The fourth-order valence-electron chi connectivity index (χ4n) is 5.06. The minimum absolute atomic E-state index is 0.136. The highest BCUT2D eigenvalue weighted by molar-refractivity contribution is 5.81. The fraction of sp³-hybridized carbons (Fsp3) is 0.440. The summed E-state index contributed by atoms with van der Waals surface area (Å²) < 4.78 is 13.5. The quantitative estimate of drug-likeness (QED) is 0.570. The minimum Gasteiger partial charge on any atom is -0.497 e. The summed E-state index contributed by atoms with van der Waals surface area (Å²) in [5, 5.41) is 0. The molecule has 1 unspecified atom stereocenters. The number of carbonyl (C=O) groups excluding carboxylic acids is 1. The molecule has 0 N–H and O–H groups in total. The summed E-state index contributed by atoms with van der Waals surface area (Å²) in [7, 11) is 1.65. The molecule has 2 aliphatic rings. The summed E-state index contributed by atoms with van der Waals surface area (Å²) in [5.74, 6) is 2.99. The lowest BCUT2D eigenvalue weighted by atomic mass is 10.1. The van der Waals surface area contributed by atoms with Crippen LogP contribution in [0.3, 0.4) is 0 Å². The second-order valence-corrected chi connectivity index (χ2v) is 8.52. The Labute approximate surface area is 182 Å². The highest BCUT2D eigenvalue weighted by atomic mass is 16.5. The first-order chi connectivity index (χ1) is 15.2. The van der Waals surface area contributed by atoms with Crippen molar-refractivity contribution >= 4 is 16.9 Å². The molecule has 1 saturated heterocycles. The van der Waals surface area contributed by atoms with E-state index in [0.717, 1.165) is 47.7 Å². The fourth-order valence-corrected chi connectivity index (χ4v) is 5.06. The average molecular weight is 420 g/mol. The Balaban J connectivity index is 1.36. The summed E-state index contributed by atoms with van der Waals surface area (Å²) in [6.07, 6.45) is 5.31. The number of fused-ring (bicyclic) bond motifs is 1. The Morgan fingerprint density at radius 2 is 1.87 bits per heavy atom. The molecular formula is C25H29N3O3. The van der Waals surface area contributed by atoms with Gasteiger partial charge in [0.25, 0.3) is 0 Å². The van der Waals surface area contributed by atoms with Gasteiger partial charge in [-0.1, -0.05) is 31.0 Å². The Morgan fingerprint density at radius 1 is 1.06 bits per heavy atom. The van der Waals surface area contributed by atoms with Crippen LogP contribution < -0.4 is 9.47 Å². The third kappa shape index (κ3) is 3.99. The van der Waals surface area contributed by atoms with E-state index in [1.807, 2.05) is 42.5 Å². The number of amides is 1. The minimum atomic E-state index is 0.136. The number of aromatic nitrogens is 2. The molecule has 5 rings (SSSR count). The molecule has 1 aliphatic heterocycles. The number of nitrogens with zero attached hydrogens (tertiary/aromatic N) is 3. The summed E-state index contributed by atoms with van der Waals surface area (Å²) in [6, 6.07) is 16.3. The number of likely N-dealkylation sites (tertiary alicyclic amines) is 1. The number of imidazole rings is 1. The van der Waals surface area contributed by atoms with Crippen LogP contribution >= 0.6 is 0 Å². The number of benzene rings is 2. The number of ether oxygens (including phenoxy) is 2. The lowest BCUT2D eigenvalue weighted by molar-refractivity contribution is -0.129. The molecule has 1 atom stereocenters. The molecule has 31 heavy (non-hydrogen) atoms. The van der Waals surface area contributed by atoms with Gasteiger partial charge < -0.3 is 18.9 Å². The molecule has 0 spiro atoms. The van der Waals surface area contributed by atoms with E-state index in [4.69, 9.17) is 14.5 Å². The van der Waals surface area contributed by atoms with Crippen molar-refractivity contribution in [2.45, 2.75) is 50.6 Å². The van der Waals surface area contributed by atoms with Crippen LogP contribution in [0.2, 0.25) is 0 Å². The average Bonchev–Trinajstić information content (AvgIpc) is 3.53. The van der Waals surface area contributed by atoms with E-state index >= 15 is 0 Å². The zero-order chi connectivity index (χ0) is 21.2. The van der Waals surface area contributed by atoms with Gasteiger partial charge in [-0.2, -0.15) is 0 Å². The first-order valence-corrected chi connectivity index (χ1v) is 11.2. The molecule has 0 bridgehead atoms. The topological polar surface area (TPSA) is 56.6 Å². The molecule has 2 aromatic carbocycles. The molecule has 3 aromatic rings. The van der Waals surface area contributed by atoms with Gasteiger partial charge in [-0.25, -0.2) is 4.98 Å². The van der Waals surface area contributed by atoms with Crippen LogP contribution in [-0.2, 0) is 11.3 Å². The Kier molecular flexibility index (Phi) is 5.53. The zero-order valence-electron chi connectivity index (χ0n) is 18.0. The zero-order valence-corrected chi connectivity index (χ0v) is 18.0. The normalized spacial score (nSPS) is 19.5. The number of para-hydroxylation sites is 2. The van der Waals surface area contributed by atoms with E-state index in [-0.39, 0.29) is 11.8 Å². The van der Waals surface area contributed by atoms with Crippen molar-refractivity contribution in [2.75, 3.05) is 20.3 Å². The molecule has 1 aromatic heterocycles. The predicted molar refractivity (Wildman–Crippen MR) is 120 cm³/mol. The monoisotopic (exact) mass is 419 g/mol. The van der Waals surface area contributed by atoms with Crippen LogP contribution in [0, 0.1) is 0 Å². The number of carbonyl (C=O) groups is 1. The lowest BCUT2D eigenvalue weighted by Gasteiger charge is -2.24. The molecule has 162 valence electrons. The largest absolute Gasteiger partial charge is 0.497 e. The van der Waals surface area contributed by atoms with Crippen LogP contribution in [0.25, 0.3) is 11.0 Å². The van der Waals surface area contributed by atoms with Gasteiger partial charge in [-0.05, 0) is 37.1 Å². The first kappa shape index (κ1) is 19.9. The maximum Gasteiger partial charge on any atom is 0.223 e. The molecule has 6 nitrogen and oxygen atoms in total. The van der Waals surface area contributed by atoms with Crippen molar-refractivity contribution in [2.24, 2.45) is 0 Å². The van der Waals surface area contributed by atoms with Crippen LogP contribution in [0.1, 0.15) is 43.8 Å². The van der Waals surface area contributed by atoms with Gasteiger partial charge >= 0.3 is 0 Å².